The van der Waals surface area contributed by atoms with Crippen LogP contribution in [-0.2, 0) is 33.2 Å². The van der Waals surface area contributed by atoms with Gasteiger partial charge in [-0.2, -0.15) is 0 Å². The molecule has 180 valence electrons. The normalized spacial score (nSPS) is 11.7. The van der Waals surface area contributed by atoms with Crippen molar-refractivity contribution in [3.63, 3.8) is 0 Å². The van der Waals surface area contributed by atoms with Gasteiger partial charge in [-0.25, -0.2) is 21.8 Å². The number of thiocarbonyl (C=S) groups is 1. The van der Waals surface area contributed by atoms with Crippen LogP contribution in [0.15, 0.2) is 23.1 Å². The van der Waals surface area contributed by atoms with E-state index in [1.54, 1.807) is 4.57 Å². The maximum absolute atomic E-state index is 11.3. The Balaban J connectivity index is 0.00000544. The van der Waals surface area contributed by atoms with Gasteiger partial charge in [0.05, 0.1) is 31.8 Å². The number of rotatable bonds is 15. The van der Waals surface area contributed by atoms with Crippen LogP contribution < -0.4 is 103 Å². The standard InChI is InChI=1S/C21H32N2O6S3.2K/c1-2-3-4-5-6-7-8-9-10-17(30)15-21-22-19-16-18(32(27,28)29)11-12-20(19)23(21)13-14-31(24,25)26;;/h11-12,16H,2-10,13-15H2,1H3,(H,24,25,26)(H,27,28,29);;/q;2*+1/p-2. The summed E-state index contributed by atoms with van der Waals surface area (Å²) in [5.74, 6) is -0.175. The minimum absolute atomic E-state index is 0. The van der Waals surface area contributed by atoms with Gasteiger partial charge in [0.25, 0.3) is 0 Å². The van der Waals surface area contributed by atoms with Crippen LogP contribution in [0.4, 0.5) is 0 Å². The molecule has 0 aliphatic rings. The van der Waals surface area contributed by atoms with Crippen LogP contribution in [0, 0.1) is 0 Å². The Kier molecular flexibility index (Phi) is 18.4. The van der Waals surface area contributed by atoms with Gasteiger partial charge in [0.2, 0.25) is 0 Å². The Bertz CT molecular complexity index is 1130. The topological polar surface area (TPSA) is 132 Å². The van der Waals surface area contributed by atoms with E-state index in [9.17, 15) is 25.9 Å². The molecule has 0 N–H and O–H groups in total. The summed E-state index contributed by atoms with van der Waals surface area (Å²) in [6, 6.07) is 3.71. The van der Waals surface area contributed by atoms with Crippen LogP contribution in [-0.4, -0.2) is 46.1 Å². The van der Waals surface area contributed by atoms with Crippen molar-refractivity contribution in [2.45, 2.75) is 82.6 Å². The number of unbranched alkanes of at least 4 members (excludes halogenated alkanes) is 7. The van der Waals surface area contributed by atoms with Gasteiger partial charge >= 0.3 is 103 Å². The van der Waals surface area contributed by atoms with Crippen LogP contribution >= 0.6 is 12.2 Å². The number of fused-ring (bicyclic) bond motifs is 1. The van der Waals surface area contributed by atoms with Gasteiger partial charge in [0.15, 0.2) is 0 Å². The molecule has 0 saturated carbocycles. The molecule has 2 aromatic rings. The van der Waals surface area contributed by atoms with Gasteiger partial charge in [0.1, 0.15) is 15.9 Å². The Labute approximate surface area is 293 Å². The molecule has 0 atom stereocenters. The van der Waals surface area contributed by atoms with Crippen molar-refractivity contribution >= 4 is 48.4 Å². The van der Waals surface area contributed by atoms with E-state index in [0.29, 0.717) is 17.8 Å². The minimum atomic E-state index is -4.65. The number of aromatic nitrogens is 2. The summed E-state index contributed by atoms with van der Waals surface area (Å²) in [5.41, 5.74) is 0.695. The molecular weight excluding hydrogens is 551 g/mol. The van der Waals surface area contributed by atoms with E-state index < -0.39 is 30.9 Å². The van der Waals surface area contributed by atoms with Crippen LogP contribution in [0.25, 0.3) is 11.0 Å². The maximum atomic E-state index is 11.3. The van der Waals surface area contributed by atoms with E-state index in [2.05, 4.69) is 11.9 Å². The molecule has 2 rings (SSSR count). The summed E-state index contributed by atoms with van der Waals surface area (Å²) in [5, 5.41) is 0. The van der Waals surface area contributed by atoms with Gasteiger partial charge in [-0.15, -0.1) is 0 Å². The summed E-state index contributed by atoms with van der Waals surface area (Å²) in [7, 11) is -9.10. The molecule has 0 saturated heterocycles. The quantitative estimate of drug-likeness (QED) is 0.102. The van der Waals surface area contributed by atoms with Gasteiger partial charge < -0.3 is 13.7 Å². The minimum Gasteiger partial charge on any atom is -0.748 e. The van der Waals surface area contributed by atoms with E-state index in [0.717, 1.165) is 36.3 Å². The molecule has 0 bridgehead atoms. The first kappa shape index (κ1) is 35.9. The molecular formula is C21H30K2N2O6S3. The van der Waals surface area contributed by atoms with Gasteiger partial charge in [-0.3, -0.25) is 0 Å². The van der Waals surface area contributed by atoms with E-state index in [4.69, 9.17) is 12.2 Å². The summed E-state index contributed by atoms with van der Waals surface area (Å²) in [4.78, 5) is 4.73. The molecule has 1 aromatic carbocycles. The smallest absolute Gasteiger partial charge is 0.748 e. The first-order chi connectivity index (χ1) is 15.0. The number of nitrogens with zero attached hydrogens (tertiary/aromatic N) is 2. The molecule has 13 heteroatoms. The van der Waals surface area contributed by atoms with Crippen molar-refractivity contribution in [1.29, 1.82) is 0 Å². The first-order valence-corrected chi connectivity index (χ1v) is 14.3. The molecule has 0 aliphatic carbocycles. The van der Waals surface area contributed by atoms with E-state index in [-0.39, 0.29) is 115 Å². The van der Waals surface area contributed by atoms with Gasteiger partial charge in [-0.1, -0.05) is 64.1 Å². The predicted octanol–water partition coefficient (Wildman–Crippen LogP) is -2.06. The zero-order chi connectivity index (χ0) is 23.8. The van der Waals surface area contributed by atoms with Gasteiger partial charge in [0, 0.05) is 17.8 Å². The third-order valence-electron chi connectivity index (χ3n) is 5.32. The molecule has 0 spiro atoms. The van der Waals surface area contributed by atoms with Crippen molar-refractivity contribution in [2.24, 2.45) is 0 Å². The second-order valence-corrected chi connectivity index (χ2v) is 11.5. The number of aryl methyl sites for hydroxylation is 1. The van der Waals surface area contributed by atoms with Crippen molar-refractivity contribution in [1.82, 2.24) is 9.55 Å². The molecule has 1 heterocycles. The second-order valence-electron chi connectivity index (χ2n) is 7.99. The van der Waals surface area contributed by atoms with Crippen LogP contribution in [0.2, 0.25) is 0 Å². The third kappa shape index (κ3) is 13.1. The average Bonchev–Trinajstić information content (AvgIpc) is 3.03. The summed E-state index contributed by atoms with van der Waals surface area (Å²) in [6.45, 7) is 2.07. The maximum Gasteiger partial charge on any atom is 1.00 e. The molecule has 0 radical (unpaired) electrons. The van der Waals surface area contributed by atoms with E-state index >= 15 is 0 Å². The summed E-state index contributed by atoms with van der Waals surface area (Å²) >= 11 is 5.50. The van der Waals surface area contributed by atoms with Gasteiger partial charge in [-0.05, 0) is 31.0 Å². The summed E-state index contributed by atoms with van der Waals surface area (Å²) in [6.07, 6.45) is 10.5. The molecule has 0 aliphatic heterocycles. The Morgan fingerprint density at radius 1 is 0.971 bits per heavy atom. The molecule has 34 heavy (non-hydrogen) atoms. The monoisotopic (exact) mass is 580 g/mol. The van der Waals surface area contributed by atoms with Crippen molar-refractivity contribution in [3.05, 3.63) is 24.0 Å². The van der Waals surface area contributed by atoms with Crippen LogP contribution in [0.3, 0.4) is 0 Å². The molecule has 1 aromatic heterocycles. The van der Waals surface area contributed by atoms with Crippen molar-refractivity contribution < 1.29 is 129 Å². The predicted molar refractivity (Wildman–Crippen MR) is 126 cm³/mol. The Morgan fingerprint density at radius 2 is 1.56 bits per heavy atom. The fourth-order valence-corrected chi connectivity index (χ4v) is 4.79. The zero-order valence-electron chi connectivity index (χ0n) is 20.3. The molecule has 0 amide bonds. The Morgan fingerprint density at radius 3 is 2.12 bits per heavy atom. The molecule has 0 fully saturated rings. The Hall–Kier alpha value is 1.87. The molecule has 0 unspecified atom stereocenters. The van der Waals surface area contributed by atoms with Crippen molar-refractivity contribution in [2.75, 3.05) is 5.75 Å². The second kappa shape index (κ2) is 17.5. The average molecular weight is 581 g/mol. The van der Waals surface area contributed by atoms with Crippen LogP contribution in [0.1, 0.15) is 70.5 Å². The first-order valence-electron chi connectivity index (χ1n) is 10.9. The zero-order valence-corrected chi connectivity index (χ0v) is 29.0. The largest absolute Gasteiger partial charge is 1.00 e. The number of imidazole rings is 1. The fourth-order valence-electron chi connectivity index (χ4n) is 3.62. The molecule has 8 nitrogen and oxygen atoms in total. The SMILES string of the molecule is CCCCCCCCCCC(=S)Cc1nc2cc(S(=O)(=O)[O-])ccc2n1CCS(=O)(=O)[O-].[K+].[K+]. The van der Waals surface area contributed by atoms with Crippen molar-refractivity contribution in [3.8, 4) is 0 Å². The number of hydrogen-bond donors (Lipinski definition) is 0. The van der Waals surface area contributed by atoms with E-state index in [1.807, 2.05) is 0 Å². The fraction of sp³-hybridized carbons (Fsp3) is 0.619. The third-order valence-corrected chi connectivity index (χ3v) is 7.18. The number of hydrogen-bond acceptors (Lipinski definition) is 8. The van der Waals surface area contributed by atoms with Crippen LogP contribution in [0.5, 0.6) is 0 Å². The van der Waals surface area contributed by atoms with E-state index in [1.165, 1.54) is 44.6 Å². The number of benzene rings is 1. The summed E-state index contributed by atoms with van der Waals surface area (Å²) < 4.78 is 68.9.